The van der Waals surface area contributed by atoms with Gasteiger partial charge in [0, 0.05) is 11.1 Å². The van der Waals surface area contributed by atoms with E-state index in [1.54, 1.807) is 0 Å². The highest BCUT2D eigenvalue weighted by Gasteiger charge is 2.73. The molecule has 1 heterocycles. The third-order valence-corrected chi connectivity index (χ3v) is 3.58. The van der Waals surface area contributed by atoms with Gasteiger partial charge in [0.25, 0.3) is 0 Å². The zero-order valence-corrected chi connectivity index (χ0v) is 10.9. The van der Waals surface area contributed by atoms with Crippen molar-refractivity contribution >= 4 is 0 Å². The maximum absolute atomic E-state index is 14.1. The number of hydrogen-bond acceptors (Lipinski definition) is 2. The average molecular weight is 316 g/mol. The Morgan fingerprint density at radius 2 is 1.18 bits per heavy atom. The third kappa shape index (κ3) is 1.75. The highest BCUT2D eigenvalue weighted by atomic mass is 19.4. The van der Waals surface area contributed by atoms with Gasteiger partial charge in [-0.3, -0.25) is 0 Å². The average Bonchev–Trinajstić information content (AvgIpc) is 2.46. The van der Waals surface area contributed by atoms with Gasteiger partial charge < -0.3 is 9.84 Å². The normalized spacial score (nSPS) is 16.5. The first kappa shape index (κ1) is 14.8. The lowest BCUT2D eigenvalue weighted by molar-refractivity contribution is -0.337. The van der Waals surface area contributed by atoms with Crippen LogP contribution in [0.1, 0.15) is 11.1 Å². The van der Waals surface area contributed by atoms with Crippen LogP contribution in [0.25, 0.3) is 0 Å². The molecule has 2 aromatic rings. The molecule has 1 aliphatic heterocycles. The van der Waals surface area contributed by atoms with Crippen LogP contribution in [-0.2, 0) is 5.60 Å². The van der Waals surface area contributed by atoms with Crippen molar-refractivity contribution in [3.8, 4) is 11.5 Å². The predicted octanol–water partition coefficient (Wildman–Crippen LogP) is 4.23. The molecule has 2 nitrogen and oxygen atoms in total. The van der Waals surface area contributed by atoms with Crippen LogP contribution in [0, 0.1) is 0 Å². The number of hydrogen-bond donors (Lipinski definition) is 1. The molecule has 0 unspecified atom stereocenters. The second kappa shape index (κ2) is 4.42. The number of fused-ring (bicyclic) bond motifs is 2. The maximum Gasteiger partial charge on any atom is 0.457 e. The SMILES string of the molecule is OC1(C(F)(F)C(F)(F)F)c2ccccc2Oc2ccccc21. The third-order valence-electron chi connectivity index (χ3n) is 3.58. The number of benzene rings is 2. The van der Waals surface area contributed by atoms with E-state index in [-0.39, 0.29) is 11.5 Å². The van der Waals surface area contributed by atoms with Gasteiger partial charge in [-0.25, -0.2) is 0 Å². The number of alkyl halides is 5. The van der Waals surface area contributed by atoms with Crippen LogP contribution in [0.2, 0.25) is 0 Å². The van der Waals surface area contributed by atoms with E-state index >= 15 is 0 Å². The summed E-state index contributed by atoms with van der Waals surface area (Å²) < 4.78 is 72.3. The summed E-state index contributed by atoms with van der Waals surface area (Å²) >= 11 is 0. The number of aliphatic hydroxyl groups is 1. The highest BCUT2D eigenvalue weighted by molar-refractivity contribution is 5.57. The van der Waals surface area contributed by atoms with E-state index in [2.05, 4.69) is 0 Å². The van der Waals surface area contributed by atoms with Gasteiger partial charge in [0.15, 0.2) is 5.60 Å². The summed E-state index contributed by atoms with van der Waals surface area (Å²) in [7, 11) is 0. The van der Waals surface area contributed by atoms with Crippen molar-refractivity contribution in [2.45, 2.75) is 17.7 Å². The van der Waals surface area contributed by atoms with E-state index in [9.17, 15) is 27.1 Å². The minimum atomic E-state index is -5.93. The van der Waals surface area contributed by atoms with Gasteiger partial charge in [-0.05, 0) is 12.1 Å². The number of rotatable bonds is 1. The van der Waals surface area contributed by atoms with Crippen molar-refractivity contribution in [3.05, 3.63) is 59.7 Å². The zero-order chi connectivity index (χ0) is 16.2. The molecule has 2 aromatic carbocycles. The standard InChI is InChI=1S/C15H9F5O2/c16-14(17,15(18,19)20)13(21)9-5-1-3-7-11(9)22-12-8-4-2-6-10(12)13/h1-8,21H. The topological polar surface area (TPSA) is 29.5 Å². The Bertz CT molecular complexity index is 678. The molecular weight excluding hydrogens is 307 g/mol. The van der Waals surface area contributed by atoms with Crippen molar-refractivity contribution < 1.29 is 31.8 Å². The fourth-order valence-electron chi connectivity index (χ4n) is 2.52. The van der Waals surface area contributed by atoms with E-state index in [0.29, 0.717) is 0 Å². The van der Waals surface area contributed by atoms with Crippen LogP contribution in [0.3, 0.4) is 0 Å². The Balaban J connectivity index is 2.36. The molecule has 0 saturated heterocycles. The molecular formula is C15H9F5O2. The van der Waals surface area contributed by atoms with Gasteiger partial charge in [0.2, 0.25) is 0 Å². The summed E-state index contributed by atoms with van der Waals surface area (Å²) in [6.07, 6.45) is -5.93. The van der Waals surface area contributed by atoms with E-state index in [0.717, 1.165) is 12.1 Å². The van der Waals surface area contributed by atoms with Gasteiger partial charge >= 0.3 is 12.1 Å². The van der Waals surface area contributed by atoms with Crippen LogP contribution in [0.5, 0.6) is 11.5 Å². The molecule has 116 valence electrons. The van der Waals surface area contributed by atoms with Crippen molar-refractivity contribution in [2.75, 3.05) is 0 Å². The Morgan fingerprint density at radius 1 is 0.773 bits per heavy atom. The maximum atomic E-state index is 14.1. The van der Waals surface area contributed by atoms with Crippen molar-refractivity contribution in [1.82, 2.24) is 0 Å². The Morgan fingerprint density at radius 3 is 1.59 bits per heavy atom. The Hall–Kier alpha value is -2.15. The summed E-state index contributed by atoms with van der Waals surface area (Å²) in [5.74, 6) is -5.88. The largest absolute Gasteiger partial charge is 0.457 e. The van der Waals surface area contributed by atoms with E-state index in [1.165, 1.54) is 36.4 Å². The van der Waals surface area contributed by atoms with Crippen LogP contribution >= 0.6 is 0 Å². The fourth-order valence-corrected chi connectivity index (χ4v) is 2.52. The van der Waals surface area contributed by atoms with Crippen molar-refractivity contribution in [3.63, 3.8) is 0 Å². The molecule has 7 heteroatoms. The van der Waals surface area contributed by atoms with Gasteiger partial charge in [-0.2, -0.15) is 22.0 Å². The predicted molar refractivity (Wildman–Crippen MR) is 67.0 cm³/mol. The van der Waals surface area contributed by atoms with Gasteiger partial charge in [-0.15, -0.1) is 0 Å². The van der Waals surface area contributed by atoms with Crippen LogP contribution in [0.15, 0.2) is 48.5 Å². The monoisotopic (exact) mass is 316 g/mol. The molecule has 0 bridgehead atoms. The van der Waals surface area contributed by atoms with Crippen LogP contribution < -0.4 is 4.74 Å². The summed E-state index contributed by atoms with van der Waals surface area (Å²) in [5.41, 5.74) is -4.82. The minimum absolute atomic E-state index is 0.243. The van der Waals surface area contributed by atoms with Gasteiger partial charge in [-0.1, -0.05) is 36.4 Å². The van der Waals surface area contributed by atoms with Crippen molar-refractivity contribution in [2.24, 2.45) is 0 Å². The first-order chi connectivity index (χ1) is 10.2. The minimum Gasteiger partial charge on any atom is -0.457 e. The molecule has 0 spiro atoms. The highest BCUT2D eigenvalue weighted by Crippen LogP contribution is 2.57. The first-order valence-corrected chi connectivity index (χ1v) is 6.23. The second-order valence-corrected chi connectivity index (χ2v) is 4.88. The fraction of sp³-hybridized carbons (Fsp3) is 0.200. The second-order valence-electron chi connectivity index (χ2n) is 4.88. The molecule has 0 fully saturated rings. The number of para-hydroxylation sites is 2. The molecule has 1 N–H and O–H groups in total. The van der Waals surface area contributed by atoms with Gasteiger partial charge in [0.05, 0.1) is 0 Å². The molecule has 0 aliphatic carbocycles. The van der Waals surface area contributed by atoms with E-state index in [4.69, 9.17) is 4.74 Å². The van der Waals surface area contributed by atoms with E-state index < -0.39 is 28.8 Å². The molecule has 0 radical (unpaired) electrons. The van der Waals surface area contributed by atoms with E-state index in [1.807, 2.05) is 0 Å². The first-order valence-electron chi connectivity index (χ1n) is 6.23. The molecule has 0 aromatic heterocycles. The van der Waals surface area contributed by atoms with Crippen LogP contribution in [-0.4, -0.2) is 17.2 Å². The lowest BCUT2D eigenvalue weighted by Crippen LogP contribution is -2.56. The Labute approximate surface area is 121 Å². The molecule has 0 saturated carbocycles. The summed E-state index contributed by atoms with van der Waals surface area (Å²) in [6, 6.07) is 9.78. The molecule has 1 aliphatic rings. The molecule has 22 heavy (non-hydrogen) atoms. The van der Waals surface area contributed by atoms with Crippen LogP contribution in [0.4, 0.5) is 22.0 Å². The quantitative estimate of drug-likeness (QED) is 0.798. The Kier molecular flexibility index (Phi) is 2.97. The number of halogens is 5. The van der Waals surface area contributed by atoms with Crippen molar-refractivity contribution in [1.29, 1.82) is 0 Å². The number of ether oxygens (including phenoxy) is 1. The lowest BCUT2D eigenvalue weighted by atomic mass is 9.78. The summed E-state index contributed by atoms with van der Waals surface area (Å²) in [6.45, 7) is 0. The summed E-state index contributed by atoms with van der Waals surface area (Å²) in [4.78, 5) is 0. The zero-order valence-electron chi connectivity index (χ0n) is 10.9. The van der Waals surface area contributed by atoms with Gasteiger partial charge in [0.1, 0.15) is 11.5 Å². The molecule has 0 amide bonds. The molecule has 3 rings (SSSR count). The summed E-state index contributed by atoms with van der Waals surface area (Å²) in [5, 5.41) is 10.5. The smallest absolute Gasteiger partial charge is 0.457 e. The lowest BCUT2D eigenvalue weighted by Gasteiger charge is -2.41. The molecule has 0 atom stereocenters.